The summed E-state index contributed by atoms with van der Waals surface area (Å²) in [5, 5.41) is 19.1. The smallest absolute Gasteiger partial charge is 0.354 e. The Morgan fingerprint density at radius 1 is 1.23 bits per heavy atom. The maximum Gasteiger partial charge on any atom is 0.354 e. The number of primary amides is 1. The number of carboxylic acids is 1. The van der Waals surface area contributed by atoms with E-state index in [4.69, 9.17) is 5.73 Å². The van der Waals surface area contributed by atoms with Gasteiger partial charge >= 0.3 is 5.97 Å². The molecule has 4 N–H and O–H groups in total. The van der Waals surface area contributed by atoms with Crippen LogP contribution in [0.15, 0.2) is 63.6 Å². The summed E-state index contributed by atoms with van der Waals surface area (Å²) >= 11 is 2.61. The van der Waals surface area contributed by atoms with Gasteiger partial charge in [0.15, 0.2) is 24.6 Å². The quantitative estimate of drug-likeness (QED) is 0.423. The van der Waals surface area contributed by atoms with Crippen molar-refractivity contribution >= 4 is 41.3 Å². The number of carbonyl (C=O) groups excluding carboxylic acids is 2. The van der Waals surface area contributed by atoms with Crippen LogP contribution < -0.4 is 10.3 Å². The summed E-state index contributed by atoms with van der Waals surface area (Å²) in [5.41, 5.74) is 6.71. The van der Waals surface area contributed by atoms with Gasteiger partial charge in [0.05, 0.1) is 21.8 Å². The fourth-order valence-electron chi connectivity index (χ4n) is 3.53. The van der Waals surface area contributed by atoms with E-state index < -0.39 is 23.9 Å². The van der Waals surface area contributed by atoms with Crippen LogP contribution in [-0.4, -0.2) is 44.4 Å². The number of hydrogen-bond donors (Lipinski definition) is 3. The molecule has 160 valence electrons. The van der Waals surface area contributed by atoms with Crippen molar-refractivity contribution in [2.24, 2.45) is 11.7 Å². The average Bonchev–Trinajstić information content (AvgIpc) is 3.03. The summed E-state index contributed by atoms with van der Waals surface area (Å²) in [6.07, 6.45) is 2.73. The van der Waals surface area contributed by atoms with Crippen LogP contribution in [0.4, 0.5) is 0 Å². The second-order valence-electron chi connectivity index (χ2n) is 7.29. The number of fused-ring (bicyclic) bond motifs is 1. The first-order chi connectivity index (χ1) is 14.8. The van der Waals surface area contributed by atoms with Crippen molar-refractivity contribution in [3.8, 4) is 0 Å². The highest BCUT2D eigenvalue weighted by atomic mass is 32.2. The lowest BCUT2D eigenvalue weighted by Crippen LogP contribution is -2.60. The van der Waals surface area contributed by atoms with Gasteiger partial charge in [-0.25, -0.2) is 9.36 Å². The molecule has 3 atom stereocenters. The third-order valence-electron chi connectivity index (χ3n) is 5.14. The lowest BCUT2D eigenvalue weighted by atomic mass is 9.92. The minimum atomic E-state index is -1.15. The van der Waals surface area contributed by atoms with E-state index in [2.05, 4.69) is 0 Å². The zero-order chi connectivity index (χ0) is 22.3. The highest BCUT2D eigenvalue weighted by Gasteiger charge is 2.57. The maximum absolute atomic E-state index is 12.3. The molecule has 0 radical (unpaired) electrons. The Balaban J connectivity index is 1.47. The standard InChI is InChI=1S/C21H19N3O5S2/c1-11(25)15-18(27)24-16(20(28)29)21(31-19(15)24)30-14-4-2-12(3-5-14)10-23-8-6-13(7-9-23)17(22)26/h2-9,11,15,19,25H,10H2,1H3,(H2-,22,26,28,29)/p+1/t11-,15+,19-/m1/s1. The van der Waals surface area contributed by atoms with Gasteiger partial charge in [0.1, 0.15) is 5.37 Å². The van der Waals surface area contributed by atoms with E-state index in [9.17, 15) is 24.6 Å². The van der Waals surface area contributed by atoms with Crippen LogP contribution in [0.25, 0.3) is 0 Å². The Morgan fingerprint density at radius 3 is 2.42 bits per heavy atom. The van der Waals surface area contributed by atoms with E-state index in [1.54, 1.807) is 31.5 Å². The third kappa shape index (κ3) is 4.06. The number of aliphatic carboxylic acids is 1. The number of amides is 2. The summed E-state index contributed by atoms with van der Waals surface area (Å²) in [7, 11) is 0. The van der Waals surface area contributed by atoms with Gasteiger partial charge in [0.2, 0.25) is 11.8 Å². The lowest BCUT2D eigenvalue weighted by molar-refractivity contribution is -0.688. The Hall–Kier alpha value is -2.82. The molecule has 3 heterocycles. The fraction of sp³-hybridized carbons (Fsp3) is 0.238. The molecule has 0 unspecified atom stereocenters. The number of rotatable bonds is 7. The van der Waals surface area contributed by atoms with E-state index >= 15 is 0 Å². The molecule has 2 aromatic rings. The fourth-order valence-corrected chi connectivity index (χ4v) is 6.40. The first kappa shape index (κ1) is 21.4. The Bertz CT molecular complexity index is 1080. The van der Waals surface area contributed by atoms with Crippen LogP contribution >= 0.6 is 23.5 Å². The van der Waals surface area contributed by atoms with E-state index in [0.29, 0.717) is 16.3 Å². The molecule has 31 heavy (non-hydrogen) atoms. The van der Waals surface area contributed by atoms with Gasteiger partial charge in [0, 0.05) is 22.6 Å². The normalized spacial score (nSPS) is 21.0. The molecule has 0 spiro atoms. The summed E-state index contributed by atoms with van der Waals surface area (Å²) in [5.74, 6) is -2.56. The summed E-state index contributed by atoms with van der Waals surface area (Å²) in [6.45, 7) is 2.15. The molecule has 0 saturated carbocycles. The molecule has 0 bridgehead atoms. The molecule has 10 heteroatoms. The second-order valence-corrected chi connectivity index (χ2v) is 9.76. The van der Waals surface area contributed by atoms with Crippen molar-refractivity contribution in [3.63, 3.8) is 0 Å². The Labute approximate surface area is 186 Å². The molecule has 2 amide bonds. The number of carbonyl (C=O) groups is 3. The first-order valence-electron chi connectivity index (χ1n) is 9.47. The molecule has 1 aromatic carbocycles. The second kappa shape index (κ2) is 8.37. The number of β-lactam (4-membered cyclic amide) rings is 1. The number of nitrogens with two attached hydrogens (primary N) is 1. The van der Waals surface area contributed by atoms with Crippen LogP contribution in [0.1, 0.15) is 22.8 Å². The van der Waals surface area contributed by atoms with Gasteiger partial charge in [-0.15, -0.1) is 0 Å². The van der Waals surface area contributed by atoms with Crippen molar-refractivity contribution in [2.75, 3.05) is 0 Å². The molecular formula is C21H20N3O5S2+. The number of hydrogen-bond acceptors (Lipinski definition) is 6. The Morgan fingerprint density at radius 2 is 1.87 bits per heavy atom. The molecule has 4 rings (SSSR count). The number of carboxylic acid groups (broad SMARTS) is 1. The summed E-state index contributed by atoms with van der Waals surface area (Å²) < 4.78 is 2.46. The maximum atomic E-state index is 12.3. The van der Waals surface area contributed by atoms with Crippen molar-refractivity contribution in [2.45, 2.75) is 29.8 Å². The van der Waals surface area contributed by atoms with Gasteiger partial charge < -0.3 is 15.9 Å². The van der Waals surface area contributed by atoms with E-state index in [0.717, 1.165) is 10.5 Å². The van der Waals surface area contributed by atoms with Crippen molar-refractivity contribution in [1.29, 1.82) is 0 Å². The molecule has 8 nitrogen and oxygen atoms in total. The molecule has 1 saturated heterocycles. The minimum absolute atomic E-state index is 0.0175. The van der Waals surface area contributed by atoms with Gasteiger partial charge in [-0.05, 0) is 19.1 Å². The number of aliphatic hydroxyl groups excluding tert-OH is 1. The van der Waals surface area contributed by atoms with Crippen LogP contribution in [-0.2, 0) is 16.1 Å². The van der Waals surface area contributed by atoms with Crippen molar-refractivity contribution in [3.05, 3.63) is 69.9 Å². The number of pyridine rings is 1. The zero-order valence-electron chi connectivity index (χ0n) is 16.5. The van der Waals surface area contributed by atoms with E-state index in [1.807, 2.05) is 28.8 Å². The van der Waals surface area contributed by atoms with Crippen molar-refractivity contribution in [1.82, 2.24) is 4.90 Å². The zero-order valence-corrected chi connectivity index (χ0v) is 18.1. The van der Waals surface area contributed by atoms with Gasteiger partial charge in [-0.3, -0.25) is 14.5 Å². The first-order valence-corrected chi connectivity index (χ1v) is 11.2. The van der Waals surface area contributed by atoms with Crippen LogP contribution in [0.3, 0.4) is 0 Å². The Kier molecular flexibility index (Phi) is 5.78. The van der Waals surface area contributed by atoms with Gasteiger partial charge in [-0.1, -0.05) is 35.7 Å². The average molecular weight is 459 g/mol. The third-order valence-corrected chi connectivity index (χ3v) is 7.72. The van der Waals surface area contributed by atoms with Gasteiger partial charge in [0.25, 0.3) is 0 Å². The highest BCUT2D eigenvalue weighted by molar-refractivity contribution is 8.22. The topological polar surface area (TPSA) is 125 Å². The molecule has 2 aliphatic heterocycles. The number of thioether (sulfide) groups is 2. The van der Waals surface area contributed by atoms with E-state index in [1.165, 1.54) is 28.4 Å². The number of benzene rings is 1. The number of aliphatic hydroxyl groups is 1. The van der Waals surface area contributed by atoms with Crippen LogP contribution in [0.2, 0.25) is 0 Å². The van der Waals surface area contributed by atoms with Crippen molar-refractivity contribution < 1.29 is 29.2 Å². The number of aromatic nitrogens is 1. The van der Waals surface area contributed by atoms with Gasteiger partial charge in [-0.2, -0.15) is 0 Å². The molecule has 2 aliphatic rings. The minimum Gasteiger partial charge on any atom is -0.477 e. The lowest BCUT2D eigenvalue weighted by Gasteiger charge is -2.43. The summed E-state index contributed by atoms with van der Waals surface area (Å²) in [6, 6.07) is 11.0. The molecule has 1 aromatic heterocycles. The predicted molar refractivity (Wildman–Crippen MR) is 115 cm³/mol. The largest absolute Gasteiger partial charge is 0.477 e. The SMILES string of the molecule is C[C@@H](O)[C@H]1C(=O)N2C(C(=O)O)=C(Sc3ccc(C[n+]4ccc(C(N)=O)cc4)cc3)S[C@H]12. The number of nitrogens with zero attached hydrogens (tertiary/aromatic N) is 2. The van der Waals surface area contributed by atoms with Crippen LogP contribution in [0, 0.1) is 5.92 Å². The highest BCUT2D eigenvalue weighted by Crippen LogP contribution is 2.55. The monoisotopic (exact) mass is 458 g/mol. The molecule has 1 fully saturated rings. The summed E-state index contributed by atoms with van der Waals surface area (Å²) in [4.78, 5) is 37.3. The van der Waals surface area contributed by atoms with Crippen LogP contribution in [0.5, 0.6) is 0 Å². The predicted octanol–water partition coefficient (Wildman–Crippen LogP) is 1.38. The molecular weight excluding hydrogens is 438 g/mol. The van der Waals surface area contributed by atoms with E-state index in [-0.39, 0.29) is 17.0 Å². The molecule has 0 aliphatic carbocycles.